The molecule has 0 aliphatic carbocycles. The van der Waals surface area contributed by atoms with Crippen molar-refractivity contribution in [3.63, 3.8) is 0 Å². The van der Waals surface area contributed by atoms with Gasteiger partial charge in [0.15, 0.2) is 58.1 Å². The molecule has 0 unspecified atom stereocenters. The van der Waals surface area contributed by atoms with E-state index < -0.39 is 0 Å². The molecule has 0 radical (unpaired) electrons. The molecule has 0 saturated carbocycles. The van der Waals surface area contributed by atoms with E-state index in [-0.39, 0.29) is 0 Å². The minimum Gasteiger partial charge on any atom is -0.268 e. The van der Waals surface area contributed by atoms with Crippen LogP contribution in [0.3, 0.4) is 0 Å². The van der Waals surface area contributed by atoms with E-state index in [1.165, 1.54) is 0 Å². The second kappa shape index (κ2) is 42.1. The van der Waals surface area contributed by atoms with Gasteiger partial charge in [-0.25, -0.2) is 59.4 Å². The molecule has 0 aliphatic rings. The lowest BCUT2D eigenvalue weighted by molar-refractivity contribution is 1.07. The highest BCUT2D eigenvalue weighted by Crippen LogP contribution is 2.38. The molecule has 0 aliphatic heterocycles. The highest BCUT2D eigenvalue weighted by Gasteiger charge is 2.22. The Kier molecular flexibility index (Phi) is 26.6. The van der Waals surface area contributed by atoms with Gasteiger partial charge in [-0.1, -0.05) is 237 Å². The lowest BCUT2D eigenvalue weighted by atomic mass is 10.0. The van der Waals surface area contributed by atoms with Crippen LogP contribution in [0.1, 0.15) is 33.4 Å². The SMILES string of the molecule is [C-]#[N+]c1ccc(-c2ccc(-c3nc(-c4ccc(-c5ccc(C#N)cn5)cc4)nc(-c4ccc(-c5ccc(C#N)cn5)cc4)n3)cc2)nc1.[C-]#[N+]c1cccnc1-c1ccc(-c2nc(-c3ccc(-c4ncccc4C#N)cc3)nc(-c3ccc(-c4ncccc4C#N)cc3)n2)cc1.[C-]#[N+]c1ccnc(-c2ccc(-c3nc(-c4ccc(-c5cc(C#N)ccn5)cc4)nc(-c4ccc(-c5cc(C#N)ccn5)cc4)n3)cc2)c1. The molecule has 21 rings (SSSR count). The van der Waals surface area contributed by atoms with E-state index in [9.17, 15) is 21.0 Å². The molecule has 12 heterocycles. The minimum absolute atomic E-state index is 0.466. The zero-order chi connectivity index (χ0) is 98.6. The van der Waals surface area contributed by atoms with Gasteiger partial charge in [-0.3, -0.25) is 44.9 Å². The maximum Gasteiger partial charge on any atom is 0.212 e. The van der Waals surface area contributed by atoms with Gasteiger partial charge in [0.05, 0.1) is 116 Å². The fourth-order valence-electron chi connectivity index (χ4n) is 15.4. The van der Waals surface area contributed by atoms with E-state index in [1.807, 2.05) is 237 Å². The third kappa shape index (κ3) is 20.5. The lowest BCUT2D eigenvalue weighted by Crippen LogP contribution is -2.00. The molecule has 27 nitrogen and oxygen atoms in total. The van der Waals surface area contributed by atoms with Gasteiger partial charge in [-0.15, -0.1) is 0 Å². The van der Waals surface area contributed by atoms with Crippen LogP contribution >= 0.6 is 0 Å². The van der Waals surface area contributed by atoms with Crippen LogP contribution in [0.25, 0.3) is 218 Å². The standard InChI is InChI=1S/3C39H21N9/c1-42-33-16-19-36(45-24-33)29-8-14-32(15-9-29)39-47-37(30-10-4-27(5-11-30)34-17-2-25(20-40)22-43-34)46-38(48-39)31-12-6-28(7-13-31)35-18-3-26(21-41)23-44-35;1-42-33-16-19-45-36(22-33)29-6-12-32(13-7-29)39-47-37(30-8-2-27(3-9-30)34-20-25(23-40)14-17-43-34)46-38(48-39)31-10-4-28(5-11-31)35-21-26(24-41)15-18-44-35;1-42-33-7-4-22-45-36(33)27-12-18-30(19-13-27)39-47-37(28-14-8-25(9-15-28)34-31(23-40)5-2-20-43-34)46-38(48-39)29-16-10-26(11-17-29)35-32(24-41)6-3-21-44-35/h2-19,22-24H;2*2-22H. The van der Waals surface area contributed by atoms with Gasteiger partial charge < -0.3 is 0 Å². The van der Waals surface area contributed by atoms with Crippen molar-refractivity contribution in [2.24, 2.45) is 0 Å². The summed E-state index contributed by atoms with van der Waals surface area (Å²) in [6, 6.07) is 114. The maximum atomic E-state index is 9.55. The Morgan fingerprint density at radius 3 is 0.708 bits per heavy atom. The number of benzene rings is 9. The molecule has 21 aromatic rings. The summed E-state index contributed by atoms with van der Waals surface area (Å²) in [6.45, 7) is 22.0. The Bertz CT molecular complexity index is 7980. The van der Waals surface area contributed by atoms with Crippen molar-refractivity contribution in [1.82, 2.24) is 89.7 Å². The molecule has 0 fully saturated rings. The number of aromatic nitrogens is 18. The first-order chi connectivity index (χ1) is 70.8. The van der Waals surface area contributed by atoms with Crippen LogP contribution in [-0.2, 0) is 0 Å². The van der Waals surface area contributed by atoms with Gasteiger partial charge in [-0.05, 0) is 102 Å². The quantitative estimate of drug-likeness (QED) is 0.0720. The Balaban J connectivity index is 0.000000137. The van der Waals surface area contributed by atoms with Gasteiger partial charge in [-0.2, -0.15) is 31.6 Å². The topological polar surface area (TPSA) is 388 Å². The molecule has 0 amide bonds. The zero-order valence-corrected chi connectivity index (χ0v) is 75.4. The lowest BCUT2D eigenvalue weighted by Gasteiger charge is -2.10. The average Bonchev–Trinajstić information content (AvgIpc) is 0.781. The van der Waals surface area contributed by atoms with Crippen molar-refractivity contribution in [3.05, 3.63) is 451 Å². The van der Waals surface area contributed by atoms with Gasteiger partial charge >= 0.3 is 0 Å². The van der Waals surface area contributed by atoms with Crippen molar-refractivity contribution >= 4 is 17.1 Å². The minimum atomic E-state index is 0.466. The molecule has 9 aromatic carbocycles. The van der Waals surface area contributed by atoms with Crippen LogP contribution in [0.2, 0.25) is 0 Å². The number of nitrogens with zero attached hydrogens (tertiary/aromatic N) is 27. The van der Waals surface area contributed by atoms with E-state index >= 15 is 0 Å². The molecule has 0 atom stereocenters. The monoisotopic (exact) mass is 1850 g/mol. The fraction of sp³-hybridized carbons (Fsp3) is 0. The summed E-state index contributed by atoms with van der Waals surface area (Å²) in [4.78, 5) is 94.0. The molecule has 144 heavy (non-hydrogen) atoms. The van der Waals surface area contributed by atoms with Gasteiger partial charge in [0, 0.05) is 145 Å². The van der Waals surface area contributed by atoms with Gasteiger partial charge in [0.2, 0.25) is 11.4 Å². The molecular weight excluding hydrogens is 1780 g/mol. The first-order valence-electron chi connectivity index (χ1n) is 44.2. The predicted molar refractivity (Wildman–Crippen MR) is 545 cm³/mol. The van der Waals surface area contributed by atoms with Gasteiger partial charge in [0.1, 0.15) is 24.3 Å². The Morgan fingerprint density at radius 2 is 0.438 bits per heavy atom. The van der Waals surface area contributed by atoms with Crippen molar-refractivity contribution in [3.8, 4) is 240 Å². The first-order valence-corrected chi connectivity index (χ1v) is 44.2. The summed E-state index contributed by atoms with van der Waals surface area (Å²) < 4.78 is 0. The third-order valence-electron chi connectivity index (χ3n) is 22.9. The number of hydrogen-bond donors (Lipinski definition) is 0. The molecule has 0 saturated heterocycles. The highest BCUT2D eigenvalue weighted by molar-refractivity contribution is 5.81. The van der Waals surface area contributed by atoms with Crippen LogP contribution in [0.5, 0.6) is 0 Å². The largest absolute Gasteiger partial charge is 0.268 e. The second-order valence-electron chi connectivity index (χ2n) is 31.8. The number of pyridine rings is 9. The molecular formula is C117H63N27. The highest BCUT2D eigenvalue weighted by atomic mass is 15.1. The maximum absolute atomic E-state index is 9.55. The van der Waals surface area contributed by atoms with Crippen molar-refractivity contribution in [2.75, 3.05) is 0 Å². The van der Waals surface area contributed by atoms with Crippen molar-refractivity contribution in [1.29, 1.82) is 31.6 Å². The van der Waals surface area contributed by atoms with E-state index in [4.69, 9.17) is 75.1 Å². The van der Waals surface area contributed by atoms with Crippen molar-refractivity contribution < 1.29 is 0 Å². The number of rotatable bonds is 18. The summed E-state index contributed by atoms with van der Waals surface area (Å²) in [7, 11) is 0. The van der Waals surface area contributed by atoms with Crippen LogP contribution in [0.4, 0.5) is 17.1 Å². The third-order valence-corrected chi connectivity index (χ3v) is 22.9. The second-order valence-corrected chi connectivity index (χ2v) is 31.8. The van der Waals surface area contributed by atoms with Crippen LogP contribution < -0.4 is 0 Å². The molecule has 12 aromatic heterocycles. The Labute approximate surface area is 824 Å². The fourth-order valence-corrected chi connectivity index (χ4v) is 15.4. The van der Waals surface area contributed by atoms with E-state index in [2.05, 4.69) is 95.8 Å². The molecule has 27 heteroatoms. The summed E-state index contributed by atoms with van der Waals surface area (Å²) in [5.41, 5.74) is 25.5. The normalized spacial score (nSPS) is 10.4. The summed E-state index contributed by atoms with van der Waals surface area (Å²) in [5.74, 6) is 4.39. The summed E-state index contributed by atoms with van der Waals surface area (Å²) >= 11 is 0. The van der Waals surface area contributed by atoms with E-state index in [1.54, 1.807) is 147 Å². The molecule has 0 spiro atoms. The molecule has 0 N–H and O–H groups in total. The van der Waals surface area contributed by atoms with Gasteiger partial charge in [0.25, 0.3) is 0 Å². The average molecular weight is 1850 g/mol. The number of hydrogen-bond acceptors (Lipinski definition) is 24. The van der Waals surface area contributed by atoms with E-state index in [0.717, 1.165) is 117 Å². The number of nitriles is 6. The van der Waals surface area contributed by atoms with E-state index in [0.29, 0.717) is 137 Å². The first kappa shape index (κ1) is 90.9. The predicted octanol–water partition coefficient (Wildman–Crippen LogP) is 25.1. The van der Waals surface area contributed by atoms with Crippen molar-refractivity contribution in [2.45, 2.75) is 0 Å². The Hall–Kier alpha value is -22.2. The van der Waals surface area contributed by atoms with Crippen LogP contribution in [-0.4, -0.2) is 89.7 Å². The Morgan fingerprint density at radius 1 is 0.181 bits per heavy atom. The van der Waals surface area contributed by atoms with Crippen LogP contribution in [0, 0.1) is 87.7 Å². The molecule has 666 valence electrons. The van der Waals surface area contributed by atoms with Crippen LogP contribution in [0.15, 0.2) is 383 Å². The summed E-state index contributed by atoms with van der Waals surface area (Å²) in [5, 5.41) is 55.9. The smallest absolute Gasteiger partial charge is 0.212 e. The summed E-state index contributed by atoms with van der Waals surface area (Å²) in [6.07, 6.45) is 14.5. The molecule has 0 bridgehead atoms. The zero-order valence-electron chi connectivity index (χ0n) is 75.4.